The van der Waals surface area contributed by atoms with Gasteiger partial charge < -0.3 is 9.47 Å². The van der Waals surface area contributed by atoms with E-state index in [0.29, 0.717) is 5.82 Å². The SMILES string of the molecule is c1cc2c(ncn3nc(-c4cc(-c5ccc6c(c5)OCO6)n[nH]4)nc23)s1. The Morgan fingerprint density at radius 3 is 3.08 bits per heavy atom. The van der Waals surface area contributed by atoms with Gasteiger partial charge in [-0.05, 0) is 35.7 Å². The Morgan fingerprint density at radius 1 is 1.12 bits per heavy atom. The van der Waals surface area contributed by atoms with Crippen LogP contribution < -0.4 is 9.47 Å². The number of fused-ring (bicyclic) bond motifs is 4. The van der Waals surface area contributed by atoms with Gasteiger partial charge in [0.1, 0.15) is 16.9 Å². The van der Waals surface area contributed by atoms with Crippen LogP contribution in [0.2, 0.25) is 0 Å². The fraction of sp³-hybridized carbons (Fsp3) is 0.0588. The number of nitrogens with one attached hydrogen (secondary N) is 1. The highest BCUT2D eigenvalue weighted by molar-refractivity contribution is 7.16. The van der Waals surface area contributed by atoms with Crippen LogP contribution >= 0.6 is 11.3 Å². The van der Waals surface area contributed by atoms with Crippen LogP contribution in [0.4, 0.5) is 0 Å². The summed E-state index contributed by atoms with van der Waals surface area (Å²) in [7, 11) is 0. The zero-order valence-electron chi connectivity index (χ0n) is 13.2. The van der Waals surface area contributed by atoms with Crippen LogP contribution in [-0.2, 0) is 0 Å². The molecule has 0 bridgehead atoms. The molecule has 8 nitrogen and oxygen atoms in total. The molecule has 1 N–H and O–H groups in total. The minimum Gasteiger partial charge on any atom is -0.454 e. The Labute approximate surface area is 150 Å². The molecule has 0 radical (unpaired) electrons. The van der Waals surface area contributed by atoms with Crippen molar-refractivity contribution in [3.63, 3.8) is 0 Å². The first-order valence-electron chi connectivity index (χ1n) is 7.89. The number of rotatable bonds is 2. The van der Waals surface area contributed by atoms with Crippen LogP contribution in [-0.4, -0.2) is 36.6 Å². The average Bonchev–Trinajstić information content (AvgIpc) is 3.45. The average molecular weight is 362 g/mol. The molecule has 0 atom stereocenters. The minimum atomic E-state index is 0.251. The van der Waals surface area contributed by atoms with Crippen molar-refractivity contribution in [1.82, 2.24) is 29.8 Å². The largest absolute Gasteiger partial charge is 0.454 e. The number of ether oxygens (including phenoxy) is 2. The Kier molecular flexibility index (Phi) is 2.66. The number of nitrogens with zero attached hydrogens (tertiary/aromatic N) is 5. The molecule has 1 aliphatic rings. The highest BCUT2D eigenvalue weighted by Gasteiger charge is 2.17. The number of aromatic amines is 1. The van der Waals surface area contributed by atoms with Gasteiger partial charge in [-0.15, -0.1) is 16.4 Å². The molecule has 5 heterocycles. The van der Waals surface area contributed by atoms with Gasteiger partial charge in [-0.3, -0.25) is 5.10 Å². The lowest BCUT2D eigenvalue weighted by atomic mass is 10.1. The summed E-state index contributed by atoms with van der Waals surface area (Å²) in [5.74, 6) is 2.05. The lowest BCUT2D eigenvalue weighted by Crippen LogP contribution is -1.92. The summed E-state index contributed by atoms with van der Waals surface area (Å²) in [5, 5.41) is 14.9. The topological polar surface area (TPSA) is 90.2 Å². The summed E-state index contributed by atoms with van der Waals surface area (Å²) in [6.07, 6.45) is 1.68. The van der Waals surface area contributed by atoms with Crippen molar-refractivity contribution in [2.75, 3.05) is 6.79 Å². The third-order valence-corrected chi connectivity index (χ3v) is 5.11. The molecule has 126 valence electrons. The Morgan fingerprint density at radius 2 is 2.08 bits per heavy atom. The van der Waals surface area contributed by atoms with E-state index in [0.717, 1.165) is 44.3 Å². The predicted molar refractivity (Wildman–Crippen MR) is 95.3 cm³/mol. The molecule has 1 aromatic carbocycles. The van der Waals surface area contributed by atoms with Gasteiger partial charge in [0.05, 0.1) is 11.1 Å². The molecule has 6 rings (SSSR count). The normalized spacial score (nSPS) is 13.1. The van der Waals surface area contributed by atoms with Crippen LogP contribution in [0.3, 0.4) is 0 Å². The van der Waals surface area contributed by atoms with E-state index in [-0.39, 0.29) is 6.79 Å². The second kappa shape index (κ2) is 5.02. The van der Waals surface area contributed by atoms with Gasteiger partial charge in [-0.1, -0.05) is 0 Å². The van der Waals surface area contributed by atoms with E-state index in [1.54, 1.807) is 22.2 Å². The van der Waals surface area contributed by atoms with Crippen LogP contribution in [0.15, 0.2) is 42.0 Å². The van der Waals surface area contributed by atoms with Crippen LogP contribution in [0.1, 0.15) is 0 Å². The molecule has 0 spiro atoms. The van der Waals surface area contributed by atoms with Crippen molar-refractivity contribution in [2.45, 2.75) is 0 Å². The molecule has 26 heavy (non-hydrogen) atoms. The summed E-state index contributed by atoms with van der Waals surface area (Å²) < 4.78 is 12.5. The van der Waals surface area contributed by atoms with Gasteiger partial charge in [0.2, 0.25) is 6.79 Å². The van der Waals surface area contributed by atoms with Crippen molar-refractivity contribution < 1.29 is 9.47 Å². The summed E-state index contributed by atoms with van der Waals surface area (Å²) in [5.41, 5.74) is 3.24. The highest BCUT2D eigenvalue weighted by atomic mass is 32.1. The first-order valence-corrected chi connectivity index (χ1v) is 8.77. The quantitative estimate of drug-likeness (QED) is 0.519. The Hall–Kier alpha value is -3.46. The monoisotopic (exact) mass is 362 g/mol. The Balaban J connectivity index is 1.44. The molecule has 0 unspecified atom stereocenters. The van der Waals surface area contributed by atoms with Gasteiger partial charge in [0.15, 0.2) is 23.0 Å². The first-order chi connectivity index (χ1) is 12.8. The smallest absolute Gasteiger partial charge is 0.231 e. The molecule has 9 heteroatoms. The van der Waals surface area contributed by atoms with E-state index in [4.69, 9.17) is 9.47 Å². The van der Waals surface area contributed by atoms with Gasteiger partial charge >= 0.3 is 0 Å². The first kappa shape index (κ1) is 13.8. The maximum atomic E-state index is 5.43. The molecule has 0 saturated heterocycles. The zero-order valence-corrected chi connectivity index (χ0v) is 14.0. The van der Waals surface area contributed by atoms with E-state index in [1.807, 2.05) is 35.7 Å². The molecular weight excluding hydrogens is 352 g/mol. The van der Waals surface area contributed by atoms with Crippen LogP contribution in [0.25, 0.3) is 38.6 Å². The second-order valence-electron chi connectivity index (χ2n) is 5.82. The van der Waals surface area contributed by atoms with Gasteiger partial charge in [0, 0.05) is 5.56 Å². The van der Waals surface area contributed by atoms with Crippen molar-refractivity contribution >= 4 is 27.2 Å². The van der Waals surface area contributed by atoms with E-state index in [2.05, 4.69) is 25.3 Å². The number of benzene rings is 1. The molecule has 5 aromatic rings. The zero-order chi connectivity index (χ0) is 17.1. The van der Waals surface area contributed by atoms with Gasteiger partial charge in [-0.25, -0.2) is 14.5 Å². The number of thiophene rings is 1. The maximum absolute atomic E-state index is 5.43. The summed E-state index contributed by atoms with van der Waals surface area (Å²) >= 11 is 1.58. The van der Waals surface area contributed by atoms with E-state index >= 15 is 0 Å². The summed E-state index contributed by atoms with van der Waals surface area (Å²) in [4.78, 5) is 9.99. The number of aromatic nitrogens is 6. The minimum absolute atomic E-state index is 0.251. The van der Waals surface area contributed by atoms with Crippen molar-refractivity contribution in [3.8, 4) is 34.3 Å². The molecule has 0 aliphatic carbocycles. The molecule has 0 amide bonds. The summed E-state index contributed by atoms with van der Waals surface area (Å²) in [6.45, 7) is 0.251. The molecular formula is C17H10N6O2S. The van der Waals surface area contributed by atoms with E-state index in [1.165, 1.54) is 0 Å². The van der Waals surface area contributed by atoms with E-state index in [9.17, 15) is 0 Å². The van der Waals surface area contributed by atoms with Crippen molar-refractivity contribution in [2.24, 2.45) is 0 Å². The number of H-pyrrole nitrogens is 1. The van der Waals surface area contributed by atoms with Crippen molar-refractivity contribution in [1.29, 1.82) is 0 Å². The van der Waals surface area contributed by atoms with Gasteiger partial charge in [0.25, 0.3) is 0 Å². The molecule has 0 saturated carbocycles. The number of hydrogen-bond acceptors (Lipinski definition) is 7. The molecule has 0 fully saturated rings. The molecule has 1 aliphatic heterocycles. The van der Waals surface area contributed by atoms with E-state index < -0.39 is 0 Å². The van der Waals surface area contributed by atoms with Crippen molar-refractivity contribution in [3.05, 3.63) is 42.0 Å². The second-order valence-corrected chi connectivity index (χ2v) is 6.72. The third kappa shape index (κ3) is 1.94. The maximum Gasteiger partial charge on any atom is 0.231 e. The number of hydrogen-bond donors (Lipinski definition) is 1. The highest BCUT2D eigenvalue weighted by Crippen LogP contribution is 2.36. The summed E-state index contributed by atoms with van der Waals surface area (Å²) in [6, 6.07) is 9.67. The van der Waals surface area contributed by atoms with Crippen LogP contribution in [0, 0.1) is 0 Å². The standard InChI is InChI=1S/C17H10N6O2S/c1-2-13-14(25-8-24-13)5-9(1)11-6-12(21-20-11)15-19-16-10-3-4-26-17(10)18-7-23(16)22-15/h1-7H,8H2,(H,20,21). The Bertz CT molecular complexity index is 1290. The fourth-order valence-electron chi connectivity index (χ4n) is 3.02. The lowest BCUT2D eigenvalue weighted by molar-refractivity contribution is 0.174. The predicted octanol–water partition coefficient (Wildman–Crippen LogP) is 3.12. The fourth-order valence-corrected chi connectivity index (χ4v) is 3.75. The lowest BCUT2D eigenvalue weighted by Gasteiger charge is -1.98. The van der Waals surface area contributed by atoms with Gasteiger partial charge in [-0.2, -0.15) is 5.10 Å². The van der Waals surface area contributed by atoms with Crippen LogP contribution in [0.5, 0.6) is 11.5 Å². The molecule has 4 aromatic heterocycles. The third-order valence-electron chi connectivity index (χ3n) is 4.29.